The summed E-state index contributed by atoms with van der Waals surface area (Å²) in [6, 6.07) is 48.2. The predicted molar refractivity (Wildman–Crippen MR) is 194 cm³/mol. The largest absolute Gasteiger partial charge is 0.310 e. The summed E-state index contributed by atoms with van der Waals surface area (Å²) in [5.74, 6) is 0. The van der Waals surface area contributed by atoms with Gasteiger partial charge in [-0.25, -0.2) is 0 Å². The fourth-order valence-electron chi connectivity index (χ4n) is 7.58. The van der Waals surface area contributed by atoms with Crippen LogP contribution in [-0.4, -0.2) is 14.5 Å². The highest BCUT2D eigenvalue weighted by molar-refractivity contribution is 6.13. The van der Waals surface area contributed by atoms with Crippen LogP contribution in [0.15, 0.2) is 158 Å². The van der Waals surface area contributed by atoms with Crippen LogP contribution in [0, 0.1) is 0 Å². The Morgan fingerprint density at radius 3 is 1.87 bits per heavy atom. The highest BCUT2D eigenvalue weighted by Gasteiger charge is 2.39. The van der Waals surface area contributed by atoms with Crippen LogP contribution in [0.4, 0.5) is 17.1 Å². The van der Waals surface area contributed by atoms with Gasteiger partial charge >= 0.3 is 0 Å². The average Bonchev–Trinajstić information content (AvgIpc) is 3.47. The number of fused-ring (bicyclic) bond motifs is 6. The van der Waals surface area contributed by atoms with Crippen molar-refractivity contribution in [3.8, 4) is 27.9 Å². The third-order valence-electron chi connectivity index (χ3n) is 9.68. The van der Waals surface area contributed by atoms with Crippen LogP contribution in [0.2, 0.25) is 0 Å². The number of nitrogens with zero attached hydrogens (tertiary/aromatic N) is 4. The van der Waals surface area contributed by atoms with Crippen molar-refractivity contribution in [2.75, 3.05) is 4.90 Å². The van der Waals surface area contributed by atoms with Gasteiger partial charge in [0.05, 0.1) is 22.4 Å². The van der Waals surface area contributed by atoms with Gasteiger partial charge in [-0.3, -0.25) is 9.97 Å². The molecular formula is C43H32N4. The van der Waals surface area contributed by atoms with Crippen LogP contribution in [0.25, 0.3) is 49.7 Å². The molecule has 5 aromatic carbocycles. The smallest absolute Gasteiger partial charge is 0.0602 e. The summed E-state index contributed by atoms with van der Waals surface area (Å²) in [4.78, 5) is 11.4. The van der Waals surface area contributed by atoms with E-state index in [1.54, 1.807) is 0 Å². The molecule has 9 rings (SSSR count). The summed E-state index contributed by atoms with van der Waals surface area (Å²) < 4.78 is 2.46. The third-order valence-corrected chi connectivity index (χ3v) is 9.68. The van der Waals surface area contributed by atoms with Crippen molar-refractivity contribution < 1.29 is 0 Å². The van der Waals surface area contributed by atoms with E-state index in [9.17, 15) is 0 Å². The normalized spacial score (nSPS) is 13.4. The second-order valence-electron chi connectivity index (χ2n) is 12.8. The van der Waals surface area contributed by atoms with Gasteiger partial charge in [0.2, 0.25) is 0 Å². The molecule has 224 valence electrons. The minimum Gasteiger partial charge on any atom is -0.310 e. The average molecular weight is 605 g/mol. The van der Waals surface area contributed by atoms with Gasteiger partial charge in [-0.2, -0.15) is 0 Å². The van der Waals surface area contributed by atoms with Gasteiger partial charge in [0, 0.05) is 69.0 Å². The van der Waals surface area contributed by atoms with E-state index in [-0.39, 0.29) is 5.41 Å². The van der Waals surface area contributed by atoms with Crippen LogP contribution in [0.5, 0.6) is 0 Å². The molecule has 8 aromatic rings. The number of hydrogen-bond acceptors (Lipinski definition) is 3. The van der Waals surface area contributed by atoms with Gasteiger partial charge in [-0.05, 0) is 77.4 Å². The Balaban J connectivity index is 1.40. The first-order valence-corrected chi connectivity index (χ1v) is 16.1. The van der Waals surface area contributed by atoms with E-state index in [2.05, 4.69) is 155 Å². The molecule has 0 atom stereocenters. The van der Waals surface area contributed by atoms with Crippen molar-refractivity contribution in [3.05, 3.63) is 169 Å². The number of aromatic nitrogens is 3. The predicted octanol–water partition coefficient (Wildman–Crippen LogP) is 11.0. The molecule has 1 aliphatic heterocycles. The van der Waals surface area contributed by atoms with Gasteiger partial charge in [0.25, 0.3) is 0 Å². The standard InChI is InChI=1S/C43H32N4/c1-43(2)37-17-7-9-19-39(37)46(34-25-31(29-12-10-22-44-27-29)24-32(26-34)30-13-11-23-45-28-30)40-21-20-36-35-16-6-8-18-38(35)47(42(36)41(40)43)33-14-4-3-5-15-33/h3-28H,1-2H3. The van der Waals surface area contributed by atoms with Crippen molar-refractivity contribution in [1.82, 2.24) is 14.5 Å². The number of hydrogen-bond donors (Lipinski definition) is 0. The van der Waals surface area contributed by atoms with E-state index < -0.39 is 0 Å². The summed E-state index contributed by atoms with van der Waals surface area (Å²) in [7, 11) is 0. The van der Waals surface area contributed by atoms with Crippen molar-refractivity contribution in [2.45, 2.75) is 19.3 Å². The summed E-state index contributed by atoms with van der Waals surface area (Å²) in [6.07, 6.45) is 7.53. The maximum absolute atomic E-state index is 4.46. The van der Waals surface area contributed by atoms with E-state index in [0.29, 0.717) is 0 Å². The summed E-state index contributed by atoms with van der Waals surface area (Å²) in [5.41, 5.74) is 13.8. The second-order valence-corrected chi connectivity index (χ2v) is 12.8. The molecule has 0 N–H and O–H groups in total. The topological polar surface area (TPSA) is 34.0 Å². The van der Waals surface area contributed by atoms with Crippen LogP contribution in [0.1, 0.15) is 25.0 Å². The molecule has 3 aromatic heterocycles. The van der Waals surface area contributed by atoms with Crippen LogP contribution < -0.4 is 4.90 Å². The molecule has 0 aliphatic carbocycles. The molecule has 0 saturated heterocycles. The van der Waals surface area contributed by atoms with Crippen LogP contribution >= 0.6 is 0 Å². The van der Waals surface area contributed by atoms with Crippen molar-refractivity contribution in [1.29, 1.82) is 0 Å². The zero-order chi connectivity index (χ0) is 31.5. The second kappa shape index (κ2) is 10.5. The van der Waals surface area contributed by atoms with Gasteiger partial charge in [0.15, 0.2) is 0 Å². The lowest BCUT2D eigenvalue weighted by molar-refractivity contribution is 0.636. The Bertz CT molecular complexity index is 2370. The SMILES string of the molecule is CC1(C)c2ccccc2N(c2cc(-c3cccnc3)cc(-c3cccnc3)c2)c2ccc3c4ccccc4n(-c4ccccc4)c3c21. The molecule has 0 spiro atoms. The Kier molecular flexibility index (Phi) is 6.12. The minimum atomic E-state index is -0.282. The molecule has 0 radical (unpaired) electrons. The highest BCUT2D eigenvalue weighted by Crippen LogP contribution is 2.55. The van der Waals surface area contributed by atoms with Gasteiger partial charge in [-0.15, -0.1) is 0 Å². The lowest BCUT2D eigenvalue weighted by Crippen LogP contribution is -2.31. The van der Waals surface area contributed by atoms with E-state index >= 15 is 0 Å². The van der Waals surface area contributed by atoms with Gasteiger partial charge in [0.1, 0.15) is 0 Å². The highest BCUT2D eigenvalue weighted by atomic mass is 15.2. The number of benzene rings is 5. The fourth-order valence-corrected chi connectivity index (χ4v) is 7.58. The molecule has 4 heteroatoms. The zero-order valence-electron chi connectivity index (χ0n) is 26.3. The Hall–Kier alpha value is -6.00. The number of anilines is 3. The van der Waals surface area contributed by atoms with E-state index in [4.69, 9.17) is 0 Å². The summed E-state index contributed by atoms with van der Waals surface area (Å²) >= 11 is 0. The van der Waals surface area contributed by atoms with Gasteiger partial charge < -0.3 is 9.47 Å². The minimum absolute atomic E-state index is 0.282. The third kappa shape index (κ3) is 4.22. The Morgan fingerprint density at radius 2 is 1.17 bits per heavy atom. The number of pyridine rings is 2. The zero-order valence-corrected chi connectivity index (χ0v) is 26.3. The molecule has 0 fully saturated rings. The summed E-state index contributed by atoms with van der Waals surface area (Å²) in [6.45, 7) is 4.75. The maximum atomic E-state index is 4.46. The fraction of sp³-hybridized carbons (Fsp3) is 0.0698. The monoisotopic (exact) mass is 604 g/mol. The molecule has 4 nitrogen and oxygen atoms in total. The lowest BCUT2D eigenvalue weighted by Gasteiger charge is -2.42. The Morgan fingerprint density at radius 1 is 0.511 bits per heavy atom. The van der Waals surface area contributed by atoms with E-state index in [0.717, 1.165) is 33.6 Å². The van der Waals surface area contributed by atoms with Gasteiger partial charge in [-0.1, -0.05) is 86.6 Å². The van der Waals surface area contributed by atoms with E-state index in [1.807, 2.05) is 36.9 Å². The first kappa shape index (κ1) is 27.3. The molecule has 1 aliphatic rings. The molecule has 0 bridgehead atoms. The molecule has 0 amide bonds. The first-order valence-electron chi connectivity index (χ1n) is 16.1. The number of rotatable bonds is 4. The molecule has 47 heavy (non-hydrogen) atoms. The van der Waals surface area contributed by atoms with Crippen LogP contribution in [0.3, 0.4) is 0 Å². The Labute approximate surface area is 274 Å². The maximum Gasteiger partial charge on any atom is 0.0602 e. The lowest BCUT2D eigenvalue weighted by atomic mass is 9.72. The van der Waals surface area contributed by atoms with Crippen molar-refractivity contribution >= 4 is 38.9 Å². The molecular weight excluding hydrogens is 573 g/mol. The molecule has 4 heterocycles. The molecule has 0 saturated carbocycles. The summed E-state index contributed by atoms with van der Waals surface area (Å²) in [5, 5.41) is 2.52. The van der Waals surface area contributed by atoms with Crippen molar-refractivity contribution in [2.24, 2.45) is 0 Å². The first-order chi connectivity index (χ1) is 23.1. The quantitative estimate of drug-likeness (QED) is 0.200. The van der Waals surface area contributed by atoms with Crippen LogP contribution in [-0.2, 0) is 5.41 Å². The number of para-hydroxylation sites is 3. The van der Waals surface area contributed by atoms with E-state index in [1.165, 1.54) is 44.3 Å². The van der Waals surface area contributed by atoms with Crippen molar-refractivity contribution in [3.63, 3.8) is 0 Å². The molecule has 0 unspecified atom stereocenters.